The van der Waals surface area contributed by atoms with Crippen LogP contribution in [-0.2, 0) is 13.5 Å². The molecule has 80 valence electrons. The maximum atomic E-state index is 4.61. The molecule has 1 aromatic heterocycles. The lowest BCUT2D eigenvalue weighted by atomic mass is 10.3. The lowest BCUT2D eigenvalue weighted by Crippen LogP contribution is -2.17. The zero-order valence-electron chi connectivity index (χ0n) is 9.33. The van der Waals surface area contributed by atoms with Crippen LogP contribution in [0.25, 0.3) is 11.0 Å². The molecule has 0 bridgehead atoms. The Kier molecular flexibility index (Phi) is 3.02. The number of hydrogen-bond donors (Lipinski definition) is 1. The summed E-state index contributed by atoms with van der Waals surface area (Å²) in [7, 11) is 2.08. The first kappa shape index (κ1) is 10.2. The van der Waals surface area contributed by atoms with Gasteiger partial charge in [0.15, 0.2) is 0 Å². The molecule has 0 saturated heterocycles. The van der Waals surface area contributed by atoms with E-state index in [1.807, 2.05) is 6.07 Å². The van der Waals surface area contributed by atoms with Gasteiger partial charge >= 0.3 is 0 Å². The van der Waals surface area contributed by atoms with E-state index in [-0.39, 0.29) is 0 Å². The van der Waals surface area contributed by atoms with E-state index >= 15 is 0 Å². The highest BCUT2D eigenvalue weighted by atomic mass is 15.1. The molecule has 0 aliphatic rings. The van der Waals surface area contributed by atoms with Gasteiger partial charge in [0.2, 0.25) is 0 Å². The van der Waals surface area contributed by atoms with Crippen LogP contribution < -0.4 is 5.32 Å². The second-order valence-corrected chi connectivity index (χ2v) is 3.68. The first-order valence-corrected chi connectivity index (χ1v) is 5.44. The third-order valence-corrected chi connectivity index (χ3v) is 2.66. The zero-order valence-corrected chi connectivity index (χ0v) is 9.33. The van der Waals surface area contributed by atoms with Crippen molar-refractivity contribution >= 4 is 11.0 Å². The number of imidazole rings is 1. The van der Waals surface area contributed by atoms with Gasteiger partial charge in [0.1, 0.15) is 5.82 Å². The molecule has 2 aromatic rings. The summed E-state index contributed by atoms with van der Waals surface area (Å²) in [4.78, 5) is 4.61. The molecular weight excluding hydrogens is 186 g/mol. The highest BCUT2D eigenvalue weighted by Gasteiger charge is 2.05. The molecule has 0 atom stereocenters. The van der Waals surface area contributed by atoms with Gasteiger partial charge in [0.25, 0.3) is 0 Å². The molecule has 3 nitrogen and oxygen atoms in total. The van der Waals surface area contributed by atoms with Crippen molar-refractivity contribution < 1.29 is 0 Å². The summed E-state index contributed by atoms with van der Waals surface area (Å²) in [6, 6.07) is 8.26. The van der Waals surface area contributed by atoms with E-state index in [2.05, 4.69) is 47.0 Å². The number of aromatic nitrogens is 2. The van der Waals surface area contributed by atoms with E-state index in [1.54, 1.807) is 0 Å². The maximum Gasteiger partial charge on any atom is 0.110 e. The molecule has 2 rings (SSSR count). The molecule has 15 heavy (non-hydrogen) atoms. The summed E-state index contributed by atoms with van der Waals surface area (Å²) < 4.78 is 2.17. The second-order valence-electron chi connectivity index (χ2n) is 3.68. The van der Waals surface area contributed by atoms with Gasteiger partial charge in [-0.3, -0.25) is 0 Å². The Morgan fingerprint density at radius 2 is 2.13 bits per heavy atom. The van der Waals surface area contributed by atoms with Gasteiger partial charge in [-0.15, -0.1) is 0 Å². The van der Waals surface area contributed by atoms with Crippen LogP contribution in [0.2, 0.25) is 0 Å². The van der Waals surface area contributed by atoms with Crippen LogP contribution in [-0.4, -0.2) is 22.6 Å². The fourth-order valence-corrected chi connectivity index (χ4v) is 1.80. The molecule has 0 saturated carbocycles. The van der Waals surface area contributed by atoms with Crippen molar-refractivity contribution in [1.29, 1.82) is 0 Å². The molecule has 0 aliphatic carbocycles. The van der Waals surface area contributed by atoms with Crippen LogP contribution in [0.5, 0.6) is 0 Å². The van der Waals surface area contributed by atoms with Gasteiger partial charge in [-0.05, 0) is 18.7 Å². The van der Waals surface area contributed by atoms with Gasteiger partial charge in [-0.1, -0.05) is 19.1 Å². The lowest BCUT2D eigenvalue weighted by Gasteiger charge is -2.02. The molecule has 0 spiro atoms. The van der Waals surface area contributed by atoms with Gasteiger partial charge < -0.3 is 9.88 Å². The second kappa shape index (κ2) is 4.45. The number of nitrogens with zero attached hydrogens (tertiary/aromatic N) is 2. The maximum absolute atomic E-state index is 4.61. The van der Waals surface area contributed by atoms with E-state index in [9.17, 15) is 0 Å². The minimum Gasteiger partial charge on any atom is -0.331 e. The number of nitrogens with one attached hydrogen (secondary N) is 1. The van der Waals surface area contributed by atoms with Crippen molar-refractivity contribution in [2.24, 2.45) is 7.05 Å². The third kappa shape index (κ3) is 2.02. The minimum absolute atomic E-state index is 0.985. The Morgan fingerprint density at radius 3 is 2.87 bits per heavy atom. The average molecular weight is 203 g/mol. The molecule has 0 amide bonds. The van der Waals surface area contributed by atoms with E-state index in [0.29, 0.717) is 0 Å². The molecular formula is C12H17N3. The predicted molar refractivity (Wildman–Crippen MR) is 63.0 cm³/mol. The van der Waals surface area contributed by atoms with Crippen molar-refractivity contribution in [2.75, 3.05) is 13.1 Å². The summed E-state index contributed by atoms with van der Waals surface area (Å²) in [6.07, 6.45) is 0.985. The van der Waals surface area contributed by atoms with Crippen LogP contribution in [0.3, 0.4) is 0 Å². The largest absolute Gasteiger partial charge is 0.331 e. The van der Waals surface area contributed by atoms with Gasteiger partial charge in [0.05, 0.1) is 11.0 Å². The van der Waals surface area contributed by atoms with Crippen LogP contribution in [0.15, 0.2) is 24.3 Å². The number of para-hydroxylation sites is 2. The fourth-order valence-electron chi connectivity index (χ4n) is 1.80. The molecule has 1 heterocycles. The van der Waals surface area contributed by atoms with Crippen molar-refractivity contribution in [3.05, 3.63) is 30.1 Å². The fraction of sp³-hybridized carbons (Fsp3) is 0.417. The summed E-state index contributed by atoms with van der Waals surface area (Å²) in [5.74, 6) is 1.15. The molecule has 0 aliphatic heterocycles. The first-order valence-electron chi connectivity index (χ1n) is 5.44. The zero-order chi connectivity index (χ0) is 10.7. The smallest absolute Gasteiger partial charge is 0.110 e. The van der Waals surface area contributed by atoms with Crippen LogP contribution >= 0.6 is 0 Å². The topological polar surface area (TPSA) is 29.9 Å². The quantitative estimate of drug-likeness (QED) is 0.767. The van der Waals surface area contributed by atoms with Crippen molar-refractivity contribution in [1.82, 2.24) is 14.9 Å². The van der Waals surface area contributed by atoms with Crippen molar-refractivity contribution in [3.63, 3.8) is 0 Å². The van der Waals surface area contributed by atoms with Gasteiger partial charge in [-0.2, -0.15) is 0 Å². The summed E-state index contributed by atoms with van der Waals surface area (Å²) in [6.45, 7) is 4.13. The number of rotatable bonds is 4. The molecule has 1 aromatic carbocycles. The Hall–Kier alpha value is -1.35. The Morgan fingerprint density at radius 1 is 1.33 bits per heavy atom. The minimum atomic E-state index is 0.985. The molecule has 1 N–H and O–H groups in total. The number of likely N-dealkylation sites (N-methyl/N-ethyl adjacent to an activating group) is 1. The Labute approximate surface area is 90.1 Å². The number of hydrogen-bond acceptors (Lipinski definition) is 2. The normalized spacial score (nSPS) is 11.1. The summed E-state index contributed by atoms with van der Waals surface area (Å²) in [5.41, 5.74) is 2.30. The Balaban J connectivity index is 2.24. The van der Waals surface area contributed by atoms with E-state index in [0.717, 1.165) is 30.9 Å². The van der Waals surface area contributed by atoms with Crippen molar-refractivity contribution in [3.8, 4) is 0 Å². The van der Waals surface area contributed by atoms with Crippen molar-refractivity contribution in [2.45, 2.75) is 13.3 Å². The summed E-state index contributed by atoms with van der Waals surface area (Å²) >= 11 is 0. The first-order chi connectivity index (χ1) is 7.33. The molecule has 0 radical (unpaired) electrons. The average Bonchev–Trinajstić information content (AvgIpc) is 2.57. The molecule has 3 heteroatoms. The lowest BCUT2D eigenvalue weighted by molar-refractivity contribution is 0.680. The third-order valence-electron chi connectivity index (χ3n) is 2.66. The SMILES string of the molecule is CCNCCc1nc2ccccc2n1C. The number of aryl methyl sites for hydroxylation is 1. The standard InChI is InChI=1S/C12H17N3/c1-3-13-9-8-12-14-10-6-4-5-7-11(10)15(12)2/h4-7,13H,3,8-9H2,1-2H3. The van der Waals surface area contributed by atoms with Crippen LogP contribution in [0.4, 0.5) is 0 Å². The highest BCUT2D eigenvalue weighted by molar-refractivity contribution is 5.75. The van der Waals surface area contributed by atoms with E-state index in [4.69, 9.17) is 0 Å². The predicted octanol–water partition coefficient (Wildman–Crippen LogP) is 1.73. The van der Waals surface area contributed by atoms with E-state index in [1.165, 1.54) is 5.52 Å². The monoisotopic (exact) mass is 203 g/mol. The summed E-state index contributed by atoms with van der Waals surface area (Å²) in [5, 5.41) is 3.31. The molecule has 0 unspecified atom stereocenters. The van der Waals surface area contributed by atoms with Gasteiger partial charge in [0, 0.05) is 20.0 Å². The van der Waals surface area contributed by atoms with E-state index < -0.39 is 0 Å². The van der Waals surface area contributed by atoms with Crippen LogP contribution in [0, 0.1) is 0 Å². The Bertz CT molecular complexity index is 445. The van der Waals surface area contributed by atoms with Gasteiger partial charge in [-0.25, -0.2) is 4.98 Å². The number of benzene rings is 1. The molecule has 0 fully saturated rings. The van der Waals surface area contributed by atoms with Crippen LogP contribution in [0.1, 0.15) is 12.7 Å². The highest BCUT2D eigenvalue weighted by Crippen LogP contribution is 2.13. The number of fused-ring (bicyclic) bond motifs is 1.